The average molecular weight is 208 g/mol. The first-order valence-electron chi connectivity index (χ1n) is 5.09. The van der Waals surface area contributed by atoms with Crippen LogP contribution in [0.15, 0.2) is 24.3 Å². The number of aliphatic hydroxyl groups excluding tert-OH is 1. The van der Waals surface area contributed by atoms with Crippen molar-refractivity contribution in [3.63, 3.8) is 0 Å². The van der Waals surface area contributed by atoms with Gasteiger partial charge in [-0.15, -0.1) is 0 Å². The second-order valence-electron chi connectivity index (χ2n) is 3.99. The van der Waals surface area contributed by atoms with E-state index in [0.29, 0.717) is 0 Å². The van der Waals surface area contributed by atoms with Crippen molar-refractivity contribution in [3.8, 4) is 0 Å². The van der Waals surface area contributed by atoms with Crippen molar-refractivity contribution in [3.05, 3.63) is 35.4 Å². The van der Waals surface area contributed by atoms with Crippen LogP contribution in [-0.4, -0.2) is 23.2 Å². The highest BCUT2D eigenvalue weighted by Gasteiger charge is 2.20. The van der Waals surface area contributed by atoms with Crippen molar-refractivity contribution < 1.29 is 5.11 Å². The van der Waals surface area contributed by atoms with Gasteiger partial charge in [0.15, 0.2) is 0 Å². The third-order valence-corrected chi connectivity index (χ3v) is 4.14. The summed E-state index contributed by atoms with van der Waals surface area (Å²) in [5.74, 6) is 3.54. The Kier molecular flexibility index (Phi) is 3.14. The summed E-state index contributed by atoms with van der Waals surface area (Å²) in [6, 6.07) is 8.68. The standard InChI is InChI=1S/C12H16OS/c1-9(6-13)10-3-2-4-11(5-10)12-7-14-8-12/h2-5,9,12-13H,6-8H2,1H3. The number of thioether (sulfide) groups is 1. The molecule has 76 valence electrons. The molecule has 0 bridgehead atoms. The molecule has 1 nitrogen and oxygen atoms in total. The van der Waals surface area contributed by atoms with Crippen molar-refractivity contribution in [1.82, 2.24) is 0 Å². The Labute approximate surface area is 89.5 Å². The second-order valence-corrected chi connectivity index (χ2v) is 5.06. The number of hydrogen-bond acceptors (Lipinski definition) is 2. The molecule has 2 heteroatoms. The van der Waals surface area contributed by atoms with E-state index in [4.69, 9.17) is 5.11 Å². The lowest BCUT2D eigenvalue weighted by Crippen LogP contribution is -2.15. The van der Waals surface area contributed by atoms with Crippen LogP contribution < -0.4 is 0 Å². The van der Waals surface area contributed by atoms with Gasteiger partial charge in [0, 0.05) is 29.9 Å². The van der Waals surface area contributed by atoms with Gasteiger partial charge in [0.05, 0.1) is 0 Å². The molecule has 0 aliphatic carbocycles. The Balaban J connectivity index is 2.17. The molecule has 1 N–H and O–H groups in total. The second kappa shape index (κ2) is 4.37. The largest absolute Gasteiger partial charge is 0.396 e. The molecule has 1 aliphatic heterocycles. The maximum absolute atomic E-state index is 9.08. The summed E-state index contributed by atoms with van der Waals surface area (Å²) in [6.45, 7) is 2.30. The third kappa shape index (κ3) is 1.96. The fourth-order valence-corrected chi connectivity index (χ4v) is 2.51. The summed E-state index contributed by atoms with van der Waals surface area (Å²) in [5, 5.41) is 9.08. The number of aliphatic hydroxyl groups is 1. The van der Waals surface area contributed by atoms with Crippen LogP contribution in [0, 0.1) is 0 Å². The molecule has 1 aromatic carbocycles. The molecular weight excluding hydrogens is 192 g/mol. The zero-order chi connectivity index (χ0) is 9.97. The van der Waals surface area contributed by atoms with Crippen LogP contribution in [0.5, 0.6) is 0 Å². The molecule has 0 spiro atoms. The maximum atomic E-state index is 9.08. The minimum atomic E-state index is 0.239. The Hall–Kier alpha value is -0.470. The van der Waals surface area contributed by atoms with Crippen molar-refractivity contribution >= 4 is 11.8 Å². The number of rotatable bonds is 3. The van der Waals surface area contributed by atoms with E-state index >= 15 is 0 Å². The van der Waals surface area contributed by atoms with Gasteiger partial charge in [-0.05, 0) is 11.1 Å². The summed E-state index contributed by atoms with van der Waals surface area (Å²) < 4.78 is 0. The molecule has 1 heterocycles. The van der Waals surface area contributed by atoms with Crippen LogP contribution in [0.1, 0.15) is 29.9 Å². The Morgan fingerprint density at radius 3 is 2.86 bits per heavy atom. The normalized spacial score (nSPS) is 19.0. The highest BCUT2D eigenvalue weighted by molar-refractivity contribution is 8.00. The topological polar surface area (TPSA) is 20.2 Å². The maximum Gasteiger partial charge on any atom is 0.0497 e. The lowest BCUT2D eigenvalue weighted by Gasteiger charge is -2.26. The number of benzene rings is 1. The van der Waals surface area contributed by atoms with Gasteiger partial charge >= 0.3 is 0 Å². The molecule has 1 fully saturated rings. The first kappa shape index (κ1) is 10.1. The lowest BCUT2D eigenvalue weighted by molar-refractivity contribution is 0.273. The molecule has 1 unspecified atom stereocenters. The fourth-order valence-electron chi connectivity index (χ4n) is 1.65. The van der Waals surface area contributed by atoms with Gasteiger partial charge < -0.3 is 5.11 Å². The highest BCUT2D eigenvalue weighted by atomic mass is 32.2. The minimum Gasteiger partial charge on any atom is -0.396 e. The van der Waals surface area contributed by atoms with E-state index in [1.54, 1.807) is 0 Å². The van der Waals surface area contributed by atoms with Gasteiger partial charge in [-0.1, -0.05) is 31.2 Å². The van der Waals surface area contributed by atoms with E-state index in [1.165, 1.54) is 22.6 Å². The Bertz CT molecular complexity index is 287. The SMILES string of the molecule is CC(CO)c1cccc(C2CSC2)c1. The third-order valence-electron chi connectivity index (χ3n) is 2.86. The molecule has 0 saturated carbocycles. The quantitative estimate of drug-likeness (QED) is 0.824. The molecule has 1 aliphatic rings. The monoisotopic (exact) mass is 208 g/mol. The molecular formula is C12H16OS. The van der Waals surface area contributed by atoms with Crippen LogP contribution in [0.2, 0.25) is 0 Å². The van der Waals surface area contributed by atoms with Gasteiger partial charge in [0.25, 0.3) is 0 Å². The van der Waals surface area contributed by atoms with Crippen LogP contribution >= 0.6 is 11.8 Å². The smallest absolute Gasteiger partial charge is 0.0497 e. The van der Waals surface area contributed by atoms with Gasteiger partial charge in [0.2, 0.25) is 0 Å². The first-order valence-corrected chi connectivity index (χ1v) is 6.25. The first-order chi connectivity index (χ1) is 6.81. The summed E-state index contributed by atoms with van der Waals surface area (Å²) in [5.41, 5.74) is 2.71. The van der Waals surface area contributed by atoms with Crippen molar-refractivity contribution in [2.75, 3.05) is 18.1 Å². The average Bonchev–Trinajstić information content (AvgIpc) is 2.14. The van der Waals surface area contributed by atoms with Crippen molar-refractivity contribution in [2.24, 2.45) is 0 Å². The van der Waals surface area contributed by atoms with Gasteiger partial charge in [-0.2, -0.15) is 11.8 Å². The molecule has 14 heavy (non-hydrogen) atoms. The molecule has 1 saturated heterocycles. The Morgan fingerprint density at radius 2 is 2.29 bits per heavy atom. The molecule has 1 aromatic rings. The van der Waals surface area contributed by atoms with Crippen LogP contribution in [0.4, 0.5) is 0 Å². The zero-order valence-electron chi connectivity index (χ0n) is 8.44. The van der Waals surface area contributed by atoms with Crippen LogP contribution in [0.3, 0.4) is 0 Å². The van der Waals surface area contributed by atoms with E-state index < -0.39 is 0 Å². The molecule has 1 atom stereocenters. The summed E-state index contributed by atoms with van der Waals surface area (Å²) in [4.78, 5) is 0. The summed E-state index contributed by atoms with van der Waals surface area (Å²) in [6.07, 6.45) is 0. The summed E-state index contributed by atoms with van der Waals surface area (Å²) >= 11 is 2.01. The van der Waals surface area contributed by atoms with Crippen LogP contribution in [-0.2, 0) is 0 Å². The number of hydrogen-bond donors (Lipinski definition) is 1. The van der Waals surface area contributed by atoms with Crippen LogP contribution in [0.25, 0.3) is 0 Å². The van der Waals surface area contributed by atoms with E-state index in [9.17, 15) is 0 Å². The minimum absolute atomic E-state index is 0.239. The van der Waals surface area contributed by atoms with E-state index in [-0.39, 0.29) is 12.5 Å². The zero-order valence-corrected chi connectivity index (χ0v) is 9.26. The van der Waals surface area contributed by atoms with Gasteiger partial charge in [0.1, 0.15) is 0 Å². The van der Waals surface area contributed by atoms with Gasteiger partial charge in [-0.25, -0.2) is 0 Å². The van der Waals surface area contributed by atoms with E-state index in [0.717, 1.165) is 5.92 Å². The fraction of sp³-hybridized carbons (Fsp3) is 0.500. The highest BCUT2D eigenvalue weighted by Crippen LogP contribution is 2.34. The van der Waals surface area contributed by atoms with Crippen molar-refractivity contribution in [2.45, 2.75) is 18.8 Å². The molecule has 0 amide bonds. The van der Waals surface area contributed by atoms with E-state index in [1.807, 2.05) is 11.8 Å². The molecule has 0 radical (unpaired) electrons. The van der Waals surface area contributed by atoms with Gasteiger partial charge in [-0.3, -0.25) is 0 Å². The lowest BCUT2D eigenvalue weighted by atomic mass is 9.95. The van der Waals surface area contributed by atoms with E-state index in [2.05, 4.69) is 31.2 Å². The molecule has 2 rings (SSSR count). The Morgan fingerprint density at radius 1 is 1.50 bits per heavy atom. The predicted molar refractivity (Wildman–Crippen MR) is 62.0 cm³/mol. The summed E-state index contributed by atoms with van der Waals surface area (Å²) in [7, 11) is 0. The van der Waals surface area contributed by atoms with Crippen molar-refractivity contribution in [1.29, 1.82) is 0 Å². The predicted octanol–water partition coefficient (Wildman–Crippen LogP) is 2.61. The molecule has 0 aromatic heterocycles.